The van der Waals surface area contributed by atoms with Crippen molar-refractivity contribution in [1.82, 2.24) is 9.80 Å². The SMILES string of the molecule is COc1cc(NC(=O)CCN2CCN(C(=O)c3ccc(Cl)cc3Cl)CC2)cc(OC)c1OC. The third kappa shape index (κ3) is 6.22. The van der Waals surface area contributed by atoms with Crippen LogP contribution >= 0.6 is 23.2 Å². The number of ether oxygens (including phenoxy) is 3. The molecule has 0 aromatic heterocycles. The van der Waals surface area contributed by atoms with E-state index in [1.165, 1.54) is 21.3 Å². The van der Waals surface area contributed by atoms with Crippen molar-refractivity contribution in [2.24, 2.45) is 0 Å². The van der Waals surface area contributed by atoms with E-state index in [4.69, 9.17) is 37.4 Å². The Morgan fingerprint density at radius 1 is 0.939 bits per heavy atom. The molecule has 0 saturated carbocycles. The van der Waals surface area contributed by atoms with Crippen molar-refractivity contribution >= 4 is 40.7 Å². The molecule has 0 spiro atoms. The van der Waals surface area contributed by atoms with Gasteiger partial charge in [-0.05, 0) is 18.2 Å². The lowest BCUT2D eigenvalue weighted by Gasteiger charge is -2.34. The number of rotatable bonds is 8. The lowest BCUT2D eigenvalue weighted by atomic mass is 10.1. The maximum absolute atomic E-state index is 12.7. The minimum atomic E-state index is -0.129. The molecule has 0 aliphatic carbocycles. The van der Waals surface area contributed by atoms with Crippen LogP contribution < -0.4 is 19.5 Å². The van der Waals surface area contributed by atoms with Crippen molar-refractivity contribution in [1.29, 1.82) is 0 Å². The molecule has 1 aliphatic rings. The quantitative estimate of drug-likeness (QED) is 0.599. The number of amides is 2. The van der Waals surface area contributed by atoms with Gasteiger partial charge < -0.3 is 24.4 Å². The molecule has 1 N–H and O–H groups in total. The van der Waals surface area contributed by atoms with E-state index in [-0.39, 0.29) is 11.8 Å². The zero-order chi connectivity index (χ0) is 24.0. The average Bonchev–Trinajstić information content (AvgIpc) is 2.82. The third-order valence-electron chi connectivity index (χ3n) is 5.42. The highest BCUT2D eigenvalue weighted by molar-refractivity contribution is 6.36. The molecule has 0 atom stereocenters. The molecule has 2 aromatic rings. The second-order valence-corrected chi connectivity index (χ2v) is 8.31. The van der Waals surface area contributed by atoms with Gasteiger partial charge in [-0.2, -0.15) is 0 Å². The number of nitrogens with zero attached hydrogens (tertiary/aromatic N) is 2. The molecule has 33 heavy (non-hydrogen) atoms. The highest BCUT2D eigenvalue weighted by atomic mass is 35.5. The van der Waals surface area contributed by atoms with Crippen LogP contribution in [0.4, 0.5) is 5.69 Å². The first-order valence-corrected chi connectivity index (χ1v) is 11.2. The van der Waals surface area contributed by atoms with Crippen molar-refractivity contribution in [3.05, 3.63) is 45.9 Å². The van der Waals surface area contributed by atoms with Crippen molar-refractivity contribution in [2.45, 2.75) is 6.42 Å². The lowest BCUT2D eigenvalue weighted by Crippen LogP contribution is -2.49. The van der Waals surface area contributed by atoms with E-state index < -0.39 is 0 Å². The standard InChI is InChI=1S/C23H27Cl2N3O5/c1-31-19-13-16(14-20(32-2)22(19)33-3)26-21(29)6-7-27-8-10-28(11-9-27)23(30)17-5-4-15(24)12-18(17)25/h4-5,12-14H,6-11H2,1-3H3,(H,26,29). The maximum Gasteiger partial charge on any atom is 0.255 e. The number of piperazine rings is 1. The zero-order valence-electron chi connectivity index (χ0n) is 18.8. The minimum Gasteiger partial charge on any atom is -0.493 e. The maximum atomic E-state index is 12.7. The molecule has 3 rings (SSSR count). The van der Waals surface area contributed by atoms with E-state index in [0.29, 0.717) is 77.7 Å². The second-order valence-electron chi connectivity index (χ2n) is 7.47. The van der Waals surface area contributed by atoms with Crippen LogP contribution in [0.5, 0.6) is 17.2 Å². The summed E-state index contributed by atoms with van der Waals surface area (Å²) in [5.41, 5.74) is 1.00. The van der Waals surface area contributed by atoms with Gasteiger partial charge in [0.15, 0.2) is 11.5 Å². The summed E-state index contributed by atoms with van der Waals surface area (Å²) in [6.07, 6.45) is 0.313. The van der Waals surface area contributed by atoms with E-state index in [9.17, 15) is 9.59 Å². The first kappa shape index (κ1) is 25.0. The van der Waals surface area contributed by atoms with E-state index in [1.54, 1.807) is 35.2 Å². The molecule has 10 heteroatoms. The fraction of sp³-hybridized carbons (Fsp3) is 0.391. The number of halogens is 2. The van der Waals surface area contributed by atoms with Gasteiger partial charge in [0.1, 0.15) is 0 Å². The van der Waals surface area contributed by atoms with Crippen LogP contribution in [0, 0.1) is 0 Å². The smallest absolute Gasteiger partial charge is 0.255 e. The highest BCUT2D eigenvalue weighted by Gasteiger charge is 2.24. The van der Waals surface area contributed by atoms with Crippen LogP contribution in [0.3, 0.4) is 0 Å². The molecule has 2 aromatic carbocycles. The predicted octanol–water partition coefficient (Wildman–Crippen LogP) is 3.81. The highest BCUT2D eigenvalue weighted by Crippen LogP contribution is 2.39. The van der Waals surface area contributed by atoms with Gasteiger partial charge in [-0.15, -0.1) is 0 Å². The van der Waals surface area contributed by atoms with Crippen molar-refractivity contribution < 1.29 is 23.8 Å². The molecule has 0 radical (unpaired) electrons. The fourth-order valence-corrected chi connectivity index (χ4v) is 4.13. The molecule has 0 bridgehead atoms. The molecule has 1 heterocycles. The third-order valence-corrected chi connectivity index (χ3v) is 5.97. The topological polar surface area (TPSA) is 80.3 Å². The number of carbonyl (C=O) groups excluding carboxylic acids is 2. The van der Waals surface area contributed by atoms with Crippen LogP contribution in [0.2, 0.25) is 10.0 Å². The predicted molar refractivity (Wildman–Crippen MR) is 128 cm³/mol. The summed E-state index contributed by atoms with van der Waals surface area (Å²) in [6.45, 7) is 3.06. The summed E-state index contributed by atoms with van der Waals surface area (Å²) >= 11 is 12.1. The Kier molecular flexibility index (Phi) is 8.66. The van der Waals surface area contributed by atoms with Gasteiger partial charge in [0, 0.05) is 62.0 Å². The summed E-state index contributed by atoms with van der Waals surface area (Å²) in [7, 11) is 4.57. The van der Waals surface area contributed by atoms with Gasteiger partial charge in [-0.25, -0.2) is 0 Å². The Morgan fingerprint density at radius 3 is 2.12 bits per heavy atom. The summed E-state index contributed by atoms with van der Waals surface area (Å²) in [5, 5.41) is 3.71. The van der Waals surface area contributed by atoms with Crippen molar-refractivity contribution in [3.63, 3.8) is 0 Å². The first-order valence-electron chi connectivity index (χ1n) is 10.4. The van der Waals surface area contributed by atoms with Crippen LogP contribution in [0.1, 0.15) is 16.8 Å². The van der Waals surface area contributed by atoms with Crippen LogP contribution in [-0.2, 0) is 4.79 Å². The fourth-order valence-electron chi connectivity index (χ4n) is 3.64. The number of hydrogen-bond donors (Lipinski definition) is 1. The van der Waals surface area contributed by atoms with Gasteiger partial charge in [-0.1, -0.05) is 23.2 Å². The van der Waals surface area contributed by atoms with E-state index in [2.05, 4.69) is 10.2 Å². The van der Waals surface area contributed by atoms with Gasteiger partial charge in [-0.3, -0.25) is 14.5 Å². The summed E-state index contributed by atoms with van der Waals surface area (Å²) < 4.78 is 15.9. The van der Waals surface area contributed by atoms with Crippen LogP contribution in [0.25, 0.3) is 0 Å². The summed E-state index contributed by atoms with van der Waals surface area (Å²) in [4.78, 5) is 29.2. The van der Waals surface area contributed by atoms with Crippen LogP contribution in [0.15, 0.2) is 30.3 Å². The van der Waals surface area contributed by atoms with Crippen molar-refractivity contribution in [3.8, 4) is 17.2 Å². The summed E-state index contributed by atoms with van der Waals surface area (Å²) in [5.74, 6) is 1.15. The second kappa shape index (κ2) is 11.4. The van der Waals surface area contributed by atoms with Crippen LogP contribution in [-0.4, -0.2) is 75.7 Å². The minimum absolute atomic E-state index is 0.114. The zero-order valence-corrected chi connectivity index (χ0v) is 20.3. The molecule has 1 saturated heterocycles. The molecule has 2 amide bonds. The number of nitrogens with one attached hydrogen (secondary N) is 1. The van der Waals surface area contributed by atoms with E-state index in [0.717, 1.165) is 0 Å². The molecule has 0 unspecified atom stereocenters. The Labute approximate surface area is 203 Å². The number of methoxy groups -OCH3 is 3. The first-order chi connectivity index (χ1) is 15.9. The molecule has 1 aliphatic heterocycles. The van der Waals surface area contributed by atoms with Gasteiger partial charge in [0.25, 0.3) is 5.91 Å². The van der Waals surface area contributed by atoms with E-state index in [1.807, 2.05) is 0 Å². The molecular formula is C23H27Cl2N3O5. The molecule has 8 nitrogen and oxygen atoms in total. The normalized spacial score (nSPS) is 14.0. The largest absolute Gasteiger partial charge is 0.493 e. The number of hydrogen-bond acceptors (Lipinski definition) is 6. The average molecular weight is 496 g/mol. The number of carbonyl (C=O) groups is 2. The summed E-state index contributed by atoms with van der Waals surface area (Å²) in [6, 6.07) is 8.24. The van der Waals surface area contributed by atoms with Gasteiger partial charge in [0.2, 0.25) is 11.7 Å². The molecular weight excluding hydrogens is 469 g/mol. The Bertz CT molecular complexity index is 985. The Morgan fingerprint density at radius 2 is 1.58 bits per heavy atom. The van der Waals surface area contributed by atoms with E-state index >= 15 is 0 Å². The molecule has 178 valence electrons. The monoisotopic (exact) mass is 495 g/mol. The number of benzene rings is 2. The molecule has 1 fully saturated rings. The van der Waals surface area contributed by atoms with Gasteiger partial charge in [0.05, 0.1) is 31.9 Å². The van der Waals surface area contributed by atoms with Gasteiger partial charge >= 0.3 is 0 Å². The Hall–Kier alpha value is -2.68. The number of anilines is 1. The lowest BCUT2D eigenvalue weighted by molar-refractivity contribution is -0.116. The van der Waals surface area contributed by atoms with Crippen molar-refractivity contribution in [2.75, 3.05) is 59.4 Å². The Balaban J connectivity index is 1.50.